The van der Waals surface area contributed by atoms with Gasteiger partial charge in [0.25, 0.3) is 0 Å². The van der Waals surface area contributed by atoms with Gasteiger partial charge in [0.1, 0.15) is 5.65 Å². The molecule has 0 N–H and O–H groups in total. The molecule has 0 spiro atoms. The van der Waals surface area contributed by atoms with E-state index in [1.54, 1.807) is 42.9 Å². The van der Waals surface area contributed by atoms with E-state index in [2.05, 4.69) is 4.98 Å². The number of hydrogen-bond donors (Lipinski definition) is 0. The van der Waals surface area contributed by atoms with E-state index in [4.69, 9.17) is 0 Å². The zero-order chi connectivity index (χ0) is 14.0. The molecule has 2 rings (SSSR count). The summed E-state index contributed by atoms with van der Waals surface area (Å²) in [6.07, 6.45) is 4.04. The van der Waals surface area contributed by atoms with Crippen LogP contribution in [0.2, 0.25) is 0 Å². The molecule has 0 bridgehead atoms. The van der Waals surface area contributed by atoms with Crippen molar-refractivity contribution >= 4 is 27.2 Å². The fourth-order valence-corrected chi connectivity index (χ4v) is 2.80. The molecule has 0 amide bonds. The number of carbonyl (C=O) groups excluding carboxylic acids is 1. The van der Waals surface area contributed by atoms with Crippen LogP contribution in [0, 0.1) is 0 Å². The van der Waals surface area contributed by atoms with Gasteiger partial charge in [0.2, 0.25) is 0 Å². The quantitative estimate of drug-likeness (QED) is 0.781. The highest BCUT2D eigenvalue weighted by molar-refractivity contribution is 7.91. The van der Waals surface area contributed by atoms with Crippen LogP contribution in [0.4, 0.5) is 0 Å². The summed E-state index contributed by atoms with van der Waals surface area (Å²) in [5.74, 6) is 0.0450. The number of rotatable bonds is 5. The summed E-state index contributed by atoms with van der Waals surface area (Å²) in [4.78, 5) is 15.2. The highest BCUT2D eigenvalue weighted by atomic mass is 32.2. The van der Waals surface area contributed by atoms with E-state index >= 15 is 0 Å². The highest BCUT2D eigenvalue weighted by Crippen LogP contribution is 2.18. The maximum Gasteiger partial charge on any atom is 0.154 e. The van der Waals surface area contributed by atoms with E-state index in [0.717, 1.165) is 11.7 Å². The molecule has 0 radical (unpaired) electrons. The van der Waals surface area contributed by atoms with E-state index in [0.29, 0.717) is 17.8 Å². The summed E-state index contributed by atoms with van der Waals surface area (Å²) in [6, 6.07) is 3.56. The second-order valence-electron chi connectivity index (χ2n) is 4.69. The van der Waals surface area contributed by atoms with Crippen molar-refractivity contribution in [3.8, 4) is 0 Å². The van der Waals surface area contributed by atoms with E-state index in [-0.39, 0.29) is 5.75 Å². The number of aromatic nitrogens is 2. The molecule has 0 aliphatic heterocycles. The van der Waals surface area contributed by atoms with Crippen molar-refractivity contribution in [2.24, 2.45) is 0 Å². The SMILES string of the molecule is CC(C)S(=O)(=O)CCn1cc(C=O)c2cccnc21. The van der Waals surface area contributed by atoms with E-state index in [9.17, 15) is 13.2 Å². The Hall–Kier alpha value is -1.69. The van der Waals surface area contributed by atoms with Gasteiger partial charge in [-0.25, -0.2) is 13.4 Å². The molecular weight excluding hydrogens is 264 g/mol. The smallest absolute Gasteiger partial charge is 0.154 e. The minimum Gasteiger partial charge on any atom is -0.331 e. The first-order chi connectivity index (χ1) is 8.95. The van der Waals surface area contributed by atoms with Crippen molar-refractivity contribution in [2.45, 2.75) is 25.6 Å². The van der Waals surface area contributed by atoms with Crippen LogP contribution in [0.1, 0.15) is 24.2 Å². The van der Waals surface area contributed by atoms with Gasteiger partial charge in [0.05, 0.1) is 11.0 Å². The first-order valence-electron chi connectivity index (χ1n) is 6.06. The Kier molecular flexibility index (Phi) is 3.71. The lowest BCUT2D eigenvalue weighted by Gasteiger charge is -2.08. The zero-order valence-corrected chi connectivity index (χ0v) is 11.7. The summed E-state index contributed by atoms with van der Waals surface area (Å²) in [7, 11) is -3.10. The second kappa shape index (κ2) is 5.13. The van der Waals surface area contributed by atoms with Crippen molar-refractivity contribution in [3.05, 3.63) is 30.1 Å². The maximum atomic E-state index is 11.8. The van der Waals surface area contributed by atoms with Crippen molar-refractivity contribution < 1.29 is 13.2 Å². The Bertz CT molecular complexity index is 702. The molecule has 2 heterocycles. The summed E-state index contributed by atoms with van der Waals surface area (Å²) < 4.78 is 25.3. The molecule has 0 aliphatic rings. The van der Waals surface area contributed by atoms with Crippen molar-refractivity contribution in [3.63, 3.8) is 0 Å². The number of aryl methyl sites for hydroxylation is 1. The minimum atomic E-state index is -3.10. The molecule has 0 atom stereocenters. The standard InChI is InChI=1S/C13H16N2O3S/c1-10(2)19(17,18)7-6-15-8-11(9-16)12-4-3-5-14-13(12)15/h3-5,8-10H,6-7H2,1-2H3. The average Bonchev–Trinajstić information content (AvgIpc) is 2.74. The predicted octanol–water partition coefficient (Wildman–Crippen LogP) is 1.67. The van der Waals surface area contributed by atoms with Crippen LogP contribution in [-0.2, 0) is 16.4 Å². The number of hydrogen-bond acceptors (Lipinski definition) is 4. The number of nitrogens with zero attached hydrogens (tertiary/aromatic N) is 2. The van der Waals surface area contributed by atoms with Crippen molar-refractivity contribution in [1.29, 1.82) is 0 Å². The van der Waals surface area contributed by atoms with Crippen LogP contribution >= 0.6 is 0 Å². The monoisotopic (exact) mass is 280 g/mol. The van der Waals surface area contributed by atoms with Gasteiger partial charge in [0, 0.05) is 29.9 Å². The molecular formula is C13H16N2O3S. The zero-order valence-electron chi connectivity index (χ0n) is 10.9. The summed E-state index contributed by atoms with van der Waals surface area (Å²) in [6.45, 7) is 3.64. The van der Waals surface area contributed by atoms with Crippen LogP contribution in [-0.4, -0.2) is 35.3 Å². The van der Waals surface area contributed by atoms with Gasteiger partial charge >= 0.3 is 0 Å². The van der Waals surface area contributed by atoms with Crippen LogP contribution < -0.4 is 0 Å². The summed E-state index contributed by atoms with van der Waals surface area (Å²) in [5.41, 5.74) is 1.17. The number of fused-ring (bicyclic) bond motifs is 1. The van der Waals surface area contributed by atoms with Gasteiger partial charge in [-0.3, -0.25) is 4.79 Å². The van der Waals surface area contributed by atoms with Crippen LogP contribution in [0.5, 0.6) is 0 Å². The molecule has 0 unspecified atom stereocenters. The van der Waals surface area contributed by atoms with Gasteiger partial charge in [-0.2, -0.15) is 0 Å². The van der Waals surface area contributed by atoms with Gasteiger partial charge in [-0.1, -0.05) is 0 Å². The Morgan fingerprint density at radius 2 is 2.16 bits per heavy atom. The van der Waals surface area contributed by atoms with E-state index in [1.165, 1.54) is 0 Å². The molecule has 2 aromatic heterocycles. The molecule has 5 nitrogen and oxygen atoms in total. The van der Waals surface area contributed by atoms with Crippen LogP contribution in [0.3, 0.4) is 0 Å². The minimum absolute atomic E-state index is 0.0450. The topological polar surface area (TPSA) is 69.0 Å². The van der Waals surface area contributed by atoms with E-state index < -0.39 is 15.1 Å². The lowest BCUT2D eigenvalue weighted by atomic mass is 10.2. The highest BCUT2D eigenvalue weighted by Gasteiger charge is 2.17. The van der Waals surface area contributed by atoms with Crippen LogP contribution in [0.15, 0.2) is 24.5 Å². The van der Waals surface area contributed by atoms with Gasteiger partial charge in [-0.05, 0) is 26.0 Å². The summed E-state index contributed by atoms with van der Waals surface area (Å²) >= 11 is 0. The summed E-state index contributed by atoms with van der Waals surface area (Å²) in [5, 5.41) is 0.354. The molecule has 0 aromatic carbocycles. The molecule has 0 fully saturated rings. The average molecular weight is 280 g/mol. The number of carbonyl (C=O) groups is 1. The number of pyridine rings is 1. The maximum absolute atomic E-state index is 11.8. The van der Waals surface area contributed by atoms with Crippen LogP contribution in [0.25, 0.3) is 11.0 Å². The Balaban J connectivity index is 2.34. The molecule has 6 heteroatoms. The molecule has 0 saturated heterocycles. The molecule has 0 aliphatic carbocycles. The largest absolute Gasteiger partial charge is 0.331 e. The normalized spacial score (nSPS) is 12.2. The van der Waals surface area contributed by atoms with Gasteiger partial charge in [0.15, 0.2) is 16.1 Å². The second-order valence-corrected chi connectivity index (χ2v) is 7.36. The van der Waals surface area contributed by atoms with E-state index in [1.807, 2.05) is 0 Å². The van der Waals surface area contributed by atoms with Crippen molar-refractivity contribution in [1.82, 2.24) is 9.55 Å². The third kappa shape index (κ3) is 2.68. The molecule has 102 valence electrons. The lowest BCUT2D eigenvalue weighted by Crippen LogP contribution is -2.21. The predicted molar refractivity (Wildman–Crippen MR) is 74.0 cm³/mol. The Labute approximate surface area is 112 Å². The third-order valence-electron chi connectivity index (χ3n) is 3.13. The number of sulfone groups is 1. The Morgan fingerprint density at radius 3 is 2.79 bits per heavy atom. The third-order valence-corrected chi connectivity index (χ3v) is 5.31. The fraction of sp³-hybridized carbons (Fsp3) is 0.385. The van der Waals surface area contributed by atoms with Gasteiger partial charge in [-0.15, -0.1) is 0 Å². The number of aldehydes is 1. The Morgan fingerprint density at radius 1 is 1.42 bits per heavy atom. The first-order valence-corrected chi connectivity index (χ1v) is 7.78. The molecule has 0 saturated carbocycles. The fourth-order valence-electron chi connectivity index (χ4n) is 1.88. The first kappa shape index (κ1) is 13.7. The molecule has 19 heavy (non-hydrogen) atoms. The van der Waals surface area contributed by atoms with Gasteiger partial charge < -0.3 is 4.57 Å². The van der Waals surface area contributed by atoms with Crippen molar-refractivity contribution in [2.75, 3.05) is 5.75 Å². The lowest BCUT2D eigenvalue weighted by molar-refractivity contribution is 0.112. The molecule has 2 aromatic rings.